The number of methoxy groups -OCH3 is 1. The van der Waals surface area contributed by atoms with Gasteiger partial charge in [0.2, 0.25) is 5.95 Å². The fraction of sp³-hybridized carbons (Fsp3) is 0.357. The molecule has 0 unspecified atom stereocenters. The van der Waals surface area contributed by atoms with Crippen LogP contribution in [0.1, 0.15) is 12.1 Å². The van der Waals surface area contributed by atoms with Gasteiger partial charge in [-0.2, -0.15) is 0 Å². The van der Waals surface area contributed by atoms with Gasteiger partial charge in [-0.15, -0.1) is 0 Å². The first-order valence-corrected chi connectivity index (χ1v) is 6.72. The number of hydrogen-bond donors (Lipinski definition) is 1. The smallest absolute Gasteiger partial charge is 0.207 e. The van der Waals surface area contributed by atoms with Crippen LogP contribution in [0.5, 0.6) is 0 Å². The SMILES string of the molecule is COCCCn1cc(C)nc1Nc1ccc(Cl)c(F)c1. The minimum Gasteiger partial charge on any atom is -0.385 e. The van der Waals surface area contributed by atoms with E-state index in [0.29, 0.717) is 18.2 Å². The maximum atomic E-state index is 13.4. The first-order valence-electron chi connectivity index (χ1n) is 6.35. The van der Waals surface area contributed by atoms with Gasteiger partial charge >= 0.3 is 0 Å². The van der Waals surface area contributed by atoms with Crippen molar-refractivity contribution in [1.82, 2.24) is 9.55 Å². The van der Waals surface area contributed by atoms with Crippen molar-refractivity contribution in [2.75, 3.05) is 19.0 Å². The molecule has 0 saturated heterocycles. The number of benzene rings is 1. The molecule has 1 N–H and O–H groups in total. The Morgan fingerprint density at radius 1 is 1.45 bits per heavy atom. The highest BCUT2D eigenvalue weighted by molar-refractivity contribution is 6.30. The first-order chi connectivity index (χ1) is 9.60. The van der Waals surface area contributed by atoms with Crippen LogP contribution in [0.2, 0.25) is 5.02 Å². The number of nitrogens with one attached hydrogen (secondary N) is 1. The molecule has 0 radical (unpaired) electrons. The number of anilines is 2. The molecule has 0 fully saturated rings. The van der Waals surface area contributed by atoms with Crippen LogP contribution in [-0.2, 0) is 11.3 Å². The lowest BCUT2D eigenvalue weighted by molar-refractivity contribution is 0.190. The van der Waals surface area contributed by atoms with Gasteiger partial charge in [0, 0.05) is 32.1 Å². The summed E-state index contributed by atoms with van der Waals surface area (Å²) in [6.07, 6.45) is 2.83. The van der Waals surface area contributed by atoms with Crippen LogP contribution in [0.25, 0.3) is 0 Å². The topological polar surface area (TPSA) is 39.1 Å². The Balaban J connectivity index is 2.13. The number of ether oxygens (including phenoxy) is 1. The highest BCUT2D eigenvalue weighted by Crippen LogP contribution is 2.22. The van der Waals surface area contributed by atoms with Gasteiger partial charge < -0.3 is 14.6 Å². The minimum atomic E-state index is -0.453. The van der Waals surface area contributed by atoms with Gasteiger partial charge in [-0.1, -0.05) is 11.6 Å². The number of nitrogens with zero attached hydrogens (tertiary/aromatic N) is 2. The van der Waals surface area contributed by atoms with Gasteiger partial charge in [0.25, 0.3) is 0 Å². The quantitative estimate of drug-likeness (QED) is 0.825. The molecular weight excluding hydrogens is 281 g/mol. The van der Waals surface area contributed by atoms with Crippen molar-refractivity contribution in [1.29, 1.82) is 0 Å². The Kier molecular flexibility index (Phi) is 4.98. The monoisotopic (exact) mass is 297 g/mol. The number of imidazole rings is 1. The third-order valence-electron chi connectivity index (χ3n) is 2.82. The van der Waals surface area contributed by atoms with E-state index in [2.05, 4.69) is 10.3 Å². The Hall–Kier alpha value is -1.59. The van der Waals surface area contributed by atoms with Crippen molar-refractivity contribution in [2.24, 2.45) is 0 Å². The molecule has 0 spiro atoms. The molecule has 2 aromatic rings. The second-order valence-electron chi connectivity index (χ2n) is 4.50. The molecule has 1 aromatic carbocycles. The molecule has 1 heterocycles. The lowest BCUT2D eigenvalue weighted by atomic mass is 10.3. The average Bonchev–Trinajstić information content (AvgIpc) is 2.74. The van der Waals surface area contributed by atoms with E-state index >= 15 is 0 Å². The molecule has 108 valence electrons. The molecule has 6 heteroatoms. The lowest BCUT2D eigenvalue weighted by Gasteiger charge is -2.10. The van der Waals surface area contributed by atoms with Crippen molar-refractivity contribution >= 4 is 23.2 Å². The van der Waals surface area contributed by atoms with Crippen LogP contribution in [0.3, 0.4) is 0 Å². The van der Waals surface area contributed by atoms with Crippen LogP contribution < -0.4 is 5.32 Å². The number of hydrogen-bond acceptors (Lipinski definition) is 3. The Morgan fingerprint density at radius 2 is 2.25 bits per heavy atom. The molecule has 0 aliphatic carbocycles. The highest BCUT2D eigenvalue weighted by Gasteiger charge is 2.07. The summed E-state index contributed by atoms with van der Waals surface area (Å²) in [7, 11) is 1.68. The van der Waals surface area contributed by atoms with E-state index in [-0.39, 0.29) is 5.02 Å². The molecule has 0 aliphatic rings. The third-order valence-corrected chi connectivity index (χ3v) is 3.13. The van der Waals surface area contributed by atoms with Crippen LogP contribution >= 0.6 is 11.6 Å². The Bertz CT molecular complexity index is 586. The predicted molar refractivity (Wildman–Crippen MR) is 78.1 cm³/mol. The summed E-state index contributed by atoms with van der Waals surface area (Å²) in [6, 6.07) is 4.59. The summed E-state index contributed by atoms with van der Waals surface area (Å²) in [6.45, 7) is 3.39. The Morgan fingerprint density at radius 3 is 2.95 bits per heavy atom. The molecule has 0 atom stereocenters. The van der Waals surface area contributed by atoms with Gasteiger partial charge in [-0.3, -0.25) is 0 Å². The standard InChI is InChI=1S/C14H17ClFN3O/c1-10-9-19(6-3-7-20-2)14(17-10)18-11-4-5-12(15)13(16)8-11/h4-5,8-9H,3,6-7H2,1-2H3,(H,17,18). The maximum absolute atomic E-state index is 13.4. The number of rotatable bonds is 6. The molecule has 1 aromatic heterocycles. The van der Waals surface area contributed by atoms with E-state index in [1.807, 2.05) is 17.7 Å². The van der Waals surface area contributed by atoms with E-state index in [0.717, 1.165) is 18.7 Å². The molecule has 0 aliphatic heterocycles. The number of aromatic nitrogens is 2. The maximum Gasteiger partial charge on any atom is 0.207 e. The van der Waals surface area contributed by atoms with E-state index in [4.69, 9.17) is 16.3 Å². The van der Waals surface area contributed by atoms with Crippen LogP contribution in [0.15, 0.2) is 24.4 Å². The molecule has 0 bridgehead atoms. The fourth-order valence-electron chi connectivity index (χ4n) is 1.90. The second-order valence-corrected chi connectivity index (χ2v) is 4.91. The molecule has 2 rings (SSSR count). The van der Waals surface area contributed by atoms with Gasteiger partial charge in [0.1, 0.15) is 5.82 Å². The molecule has 20 heavy (non-hydrogen) atoms. The first kappa shape index (κ1) is 14.8. The molecule has 0 amide bonds. The highest BCUT2D eigenvalue weighted by atomic mass is 35.5. The summed E-state index contributed by atoms with van der Waals surface area (Å²) in [5.41, 5.74) is 1.52. The van der Waals surface area contributed by atoms with E-state index in [9.17, 15) is 4.39 Å². The predicted octanol–water partition coefficient (Wildman–Crippen LogP) is 3.76. The van der Waals surface area contributed by atoms with Crippen molar-refractivity contribution in [2.45, 2.75) is 19.9 Å². The lowest BCUT2D eigenvalue weighted by Crippen LogP contribution is -2.05. The zero-order chi connectivity index (χ0) is 14.5. The average molecular weight is 298 g/mol. The Labute approximate surface area is 122 Å². The van der Waals surface area contributed by atoms with Gasteiger partial charge in [0.05, 0.1) is 10.7 Å². The van der Waals surface area contributed by atoms with Gasteiger partial charge in [-0.05, 0) is 31.5 Å². The summed E-state index contributed by atoms with van der Waals surface area (Å²) in [5, 5.41) is 3.21. The molecule has 4 nitrogen and oxygen atoms in total. The van der Waals surface area contributed by atoms with Crippen LogP contribution in [-0.4, -0.2) is 23.3 Å². The molecule has 0 saturated carbocycles. The summed E-state index contributed by atoms with van der Waals surface area (Å²) in [4.78, 5) is 4.39. The van der Waals surface area contributed by atoms with Crippen molar-refractivity contribution < 1.29 is 9.13 Å². The second kappa shape index (κ2) is 6.72. The van der Waals surface area contributed by atoms with E-state index < -0.39 is 5.82 Å². The summed E-state index contributed by atoms with van der Waals surface area (Å²) < 4.78 is 20.4. The summed E-state index contributed by atoms with van der Waals surface area (Å²) in [5.74, 6) is 0.228. The zero-order valence-corrected chi connectivity index (χ0v) is 12.2. The summed E-state index contributed by atoms with van der Waals surface area (Å²) >= 11 is 5.67. The van der Waals surface area contributed by atoms with E-state index in [1.54, 1.807) is 13.2 Å². The van der Waals surface area contributed by atoms with E-state index in [1.165, 1.54) is 12.1 Å². The normalized spacial score (nSPS) is 10.8. The van der Waals surface area contributed by atoms with Gasteiger partial charge in [-0.25, -0.2) is 9.37 Å². The number of aryl methyl sites for hydroxylation is 2. The third kappa shape index (κ3) is 3.71. The zero-order valence-electron chi connectivity index (χ0n) is 11.5. The largest absolute Gasteiger partial charge is 0.385 e. The van der Waals surface area contributed by atoms with Crippen molar-refractivity contribution in [3.8, 4) is 0 Å². The minimum absolute atomic E-state index is 0.107. The number of halogens is 2. The van der Waals surface area contributed by atoms with Crippen molar-refractivity contribution in [3.63, 3.8) is 0 Å². The van der Waals surface area contributed by atoms with Gasteiger partial charge in [0.15, 0.2) is 0 Å². The van der Waals surface area contributed by atoms with Crippen LogP contribution in [0, 0.1) is 12.7 Å². The fourth-order valence-corrected chi connectivity index (χ4v) is 2.02. The van der Waals surface area contributed by atoms with Crippen LogP contribution in [0.4, 0.5) is 16.0 Å². The van der Waals surface area contributed by atoms with Crippen molar-refractivity contribution in [3.05, 3.63) is 40.9 Å². The molecular formula is C14H17ClFN3O.